The van der Waals surface area contributed by atoms with Crippen molar-refractivity contribution in [1.82, 2.24) is 0 Å². The van der Waals surface area contributed by atoms with Crippen molar-refractivity contribution < 1.29 is 5.11 Å². The van der Waals surface area contributed by atoms with E-state index in [0.717, 1.165) is 5.56 Å². The lowest BCUT2D eigenvalue weighted by Gasteiger charge is -2.04. The van der Waals surface area contributed by atoms with Crippen molar-refractivity contribution in [3.63, 3.8) is 0 Å². The number of hydrogen-bond donors (Lipinski definition) is 2. The fourth-order valence-corrected chi connectivity index (χ4v) is 1.26. The van der Waals surface area contributed by atoms with E-state index in [0.29, 0.717) is 17.1 Å². The number of halogens is 2. The van der Waals surface area contributed by atoms with Gasteiger partial charge in [-0.25, -0.2) is 0 Å². The van der Waals surface area contributed by atoms with Crippen LogP contribution in [0, 0.1) is 6.92 Å². The van der Waals surface area contributed by atoms with Crippen LogP contribution >= 0.6 is 24.0 Å². The van der Waals surface area contributed by atoms with Crippen LogP contribution in [0.1, 0.15) is 11.1 Å². The van der Waals surface area contributed by atoms with Gasteiger partial charge in [0.05, 0.1) is 5.02 Å². The lowest BCUT2D eigenvalue weighted by molar-refractivity contribution is 0.468. The van der Waals surface area contributed by atoms with Crippen LogP contribution in [0.25, 0.3) is 0 Å². The summed E-state index contributed by atoms with van der Waals surface area (Å²) >= 11 is 5.69. The molecule has 0 radical (unpaired) electrons. The summed E-state index contributed by atoms with van der Waals surface area (Å²) in [5, 5.41) is 9.68. The summed E-state index contributed by atoms with van der Waals surface area (Å²) in [5.74, 6) is 0.0970. The molecule has 1 rings (SSSR count). The van der Waals surface area contributed by atoms with E-state index < -0.39 is 0 Å². The van der Waals surface area contributed by atoms with Gasteiger partial charge in [0.15, 0.2) is 0 Å². The van der Waals surface area contributed by atoms with E-state index in [1.54, 1.807) is 6.07 Å². The van der Waals surface area contributed by atoms with Gasteiger partial charge in [-0.1, -0.05) is 17.7 Å². The fourth-order valence-electron chi connectivity index (χ4n) is 0.962. The first-order chi connectivity index (χ1) is 5.15. The van der Waals surface area contributed by atoms with E-state index in [4.69, 9.17) is 17.3 Å². The number of nitrogens with two attached hydrogens (primary N) is 1. The minimum atomic E-state index is 0. The molecular weight excluding hydrogens is 197 g/mol. The monoisotopic (exact) mass is 207 g/mol. The van der Waals surface area contributed by atoms with Crippen molar-refractivity contribution in [3.8, 4) is 5.75 Å². The molecule has 0 amide bonds. The molecular formula is C8H11Cl2NO. The zero-order chi connectivity index (χ0) is 8.43. The highest BCUT2D eigenvalue weighted by Gasteiger charge is 2.04. The van der Waals surface area contributed by atoms with E-state index in [2.05, 4.69) is 0 Å². The van der Waals surface area contributed by atoms with Crippen LogP contribution in [0.15, 0.2) is 12.1 Å². The van der Waals surface area contributed by atoms with Crippen LogP contribution in [0.3, 0.4) is 0 Å². The Balaban J connectivity index is 0.00000121. The fraction of sp³-hybridized carbons (Fsp3) is 0.250. The van der Waals surface area contributed by atoms with E-state index in [1.165, 1.54) is 0 Å². The van der Waals surface area contributed by atoms with Crippen LogP contribution in [0.5, 0.6) is 5.75 Å². The Morgan fingerprint density at radius 1 is 1.50 bits per heavy atom. The summed E-state index contributed by atoms with van der Waals surface area (Å²) in [7, 11) is 0. The SMILES string of the molecule is Cc1cc(Cl)c(O)c(CN)c1.Cl. The Labute approximate surface area is 82.8 Å². The van der Waals surface area contributed by atoms with E-state index in [9.17, 15) is 5.11 Å². The third-order valence-corrected chi connectivity index (χ3v) is 1.79. The Morgan fingerprint density at radius 3 is 2.58 bits per heavy atom. The van der Waals surface area contributed by atoms with Gasteiger partial charge in [-0.15, -0.1) is 12.4 Å². The van der Waals surface area contributed by atoms with Gasteiger partial charge in [0.1, 0.15) is 5.75 Å². The van der Waals surface area contributed by atoms with Crippen LogP contribution in [-0.2, 0) is 6.54 Å². The second-order valence-corrected chi connectivity index (χ2v) is 2.87. The number of hydrogen-bond acceptors (Lipinski definition) is 2. The second kappa shape index (κ2) is 4.55. The predicted octanol–water partition coefficient (Wildman–Crippen LogP) is 2.23. The molecule has 1 aromatic carbocycles. The van der Waals surface area contributed by atoms with Crippen molar-refractivity contribution in [2.45, 2.75) is 13.5 Å². The molecule has 0 bridgehead atoms. The van der Waals surface area contributed by atoms with Crippen molar-refractivity contribution in [2.75, 3.05) is 0 Å². The molecule has 2 nitrogen and oxygen atoms in total. The maximum absolute atomic E-state index is 9.31. The maximum atomic E-state index is 9.31. The Kier molecular flexibility index (Phi) is 4.39. The minimum absolute atomic E-state index is 0. The lowest BCUT2D eigenvalue weighted by atomic mass is 10.1. The molecule has 12 heavy (non-hydrogen) atoms. The molecule has 0 heterocycles. The highest BCUT2D eigenvalue weighted by molar-refractivity contribution is 6.32. The summed E-state index contributed by atoms with van der Waals surface area (Å²) in [6.07, 6.45) is 0. The molecule has 0 saturated carbocycles. The third-order valence-electron chi connectivity index (χ3n) is 1.51. The minimum Gasteiger partial charge on any atom is -0.506 e. The Morgan fingerprint density at radius 2 is 2.08 bits per heavy atom. The zero-order valence-electron chi connectivity index (χ0n) is 6.67. The molecule has 68 valence electrons. The molecule has 0 saturated heterocycles. The summed E-state index contributed by atoms with van der Waals surface area (Å²) in [6.45, 7) is 2.22. The number of phenolic OH excluding ortho intramolecular Hbond substituents is 1. The van der Waals surface area contributed by atoms with Gasteiger partial charge in [-0.05, 0) is 18.6 Å². The first-order valence-electron chi connectivity index (χ1n) is 3.33. The number of rotatable bonds is 1. The number of aryl methyl sites for hydroxylation is 1. The van der Waals surface area contributed by atoms with Gasteiger partial charge in [0.25, 0.3) is 0 Å². The average molecular weight is 208 g/mol. The van der Waals surface area contributed by atoms with Gasteiger partial charge < -0.3 is 10.8 Å². The average Bonchev–Trinajstić information content (AvgIpc) is 1.96. The topological polar surface area (TPSA) is 46.2 Å². The molecule has 0 aliphatic carbocycles. The number of phenols is 1. The van der Waals surface area contributed by atoms with Crippen molar-refractivity contribution >= 4 is 24.0 Å². The molecule has 0 aliphatic rings. The molecule has 0 fully saturated rings. The summed E-state index contributed by atoms with van der Waals surface area (Å²) in [6, 6.07) is 3.53. The standard InChI is InChI=1S/C8H10ClNO.ClH/c1-5-2-6(4-10)8(11)7(9)3-5;/h2-3,11H,4,10H2,1H3;1H. The van der Waals surface area contributed by atoms with E-state index >= 15 is 0 Å². The first-order valence-corrected chi connectivity index (χ1v) is 3.71. The largest absolute Gasteiger partial charge is 0.506 e. The highest BCUT2D eigenvalue weighted by Crippen LogP contribution is 2.28. The number of benzene rings is 1. The van der Waals surface area contributed by atoms with Crippen molar-refractivity contribution in [1.29, 1.82) is 0 Å². The van der Waals surface area contributed by atoms with Crippen LogP contribution in [0.2, 0.25) is 5.02 Å². The summed E-state index contributed by atoms with van der Waals surface area (Å²) < 4.78 is 0. The predicted molar refractivity (Wildman–Crippen MR) is 53.0 cm³/mol. The van der Waals surface area contributed by atoms with Gasteiger partial charge >= 0.3 is 0 Å². The van der Waals surface area contributed by atoms with Gasteiger partial charge in [0, 0.05) is 12.1 Å². The Bertz CT molecular complexity index is 276. The lowest BCUT2D eigenvalue weighted by Crippen LogP contribution is -1.97. The second-order valence-electron chi connectivity index (χ2n) is 2.46. The molecule has 0 aromatic heterocycles. The number of aromatic hydroxyl groups is 1. The van der Waals surface area contributed by atoms with E-state index in [-0.39, 0.29) is 18.2 Å². The van der Waals surface area contributed by atoms with Crippen LogP contribution < -0.4 is 5.73 Å². The summed E-state index contributed by atoms with van der Waals surface area (Å²) in [5.41, 5.74) is 7.07. The van der Waals surface area contributed by atoms with Crippen LogP contribution in [0.4, 0.5) is 0 Å². The molecule has 0 spiro atoms. The molecule has 1 aromatic rings. The zero-order valence-corrected chi connectivity index (χ0v) is 8.25. The smallest absolute Gasteiger partial charge is 0.138 e. The quantitative estimate of drug-likeness (QED) is 0.743. The normalized spacial score (nSPS) is 9.25. The third kappa shape index (κ3) is 2.27. The first kappa shape index (κ1) is 11.6. The van der Waals surface area contributed by atoms with Crippen molar-refractivity contribution in [3.05, 3.63) is 28.3 Å². The molecule has 3 N–H and O–H groups in total. The van der Waals surface area contributed by atoms with Gasteiger partial charge in [-0.2, -0.15) is 0 Å². The molecule has 0 aliphatic heterocycles. The van der Waals surface area contributed by atoms with Gasteiger partial charge in [0.2, 0.25) is 0 Å². The summed E-state index contributed by atoms with van der Waals surface area (Å²) in [4.78, 5) is 0. The van der Waals surface area contributed by atoms with Gasteiger partial charge in [-0.3, -0.25) is 0 Å². The molecule has 0 unspecified atom stereocenters. The molecule has 0 atom stereocenters. The van der Waals surface area contributed by atoms with E-state index in [1.807, 2.05) is 13.0 Å². The van der Waals surface area contributed by atoms with Crippen LogP contribution in [-0.4, -0.2) is 5.11 Å². The van der Waals surface area contributed by atoms with Crippen molar-refractivity contribution in [2.24, 2.45) is 5.73 Å². The highest BCUT2D eigenvalue weighted by atomic mass is 35.5. The maximum Gasteiger partial charge on any atom is 0.138 e. The molecule has 4 heteroatoms. The Hall–Kier alpha value is -0.440.